The van der Waals surface area contributed by atoms with Crippen LogP contribution in [0, 0.1) is 0 Å². The summed E-state index contributed by atoms with van der Waals surface area (Å²) in [5, 5.41) is 8.24. The molecule has 0 saturated heterocycles. The summed E-state index contributed by atoms with van der Waals surface area (Å²) in [6, 6.07) is 7.80. The van der Waals surface area contributed by atoms with Gasteiger partial charge in [-0.3, -0.25) is 0 Å². The molecule has 0 fully saturated rings. The van der Waals surface area contributed by atoms with Crippen molar-refractivity contribution in [1.82, 2.24) is 4.98 Å². The number of aromatic nitrogens is 1. The summed E-state index contributed by atoms with van der Waals surface area (Å²) in [5.74, 6) is 0.781. The van der Waals surface area contributed by atoms with Crippen LogP contribution >= 0.6 is 34.5 Å². The van der Waals surface area contributed by atoms with Crippen LogP contribution in [0.4, 0.5) is 5.82 Å². The molecule has 2 nitrogen and oxygen atoms in total. The number of rotatable bonds is 4. The molecule has 0 radical (unpaired) electrons. The highest BCUT2D eigenvalue weighted by Gasteiger charge is 2.14. The summed E-state index contributed by atoms with van der Waals surface area (Å²) >= 11 is 14.3. The minimum absolute atomic E-state index is 0.544. The molecule has 1 N–H and O–H groups in total. The first-order chi connectivity index (χ1) is 10.2. The van der Waals surface area contributed by atoms with Crippen molar-refractivity contribution >= 4 is 51.1 Å². The third-order valence-corrected chi connectivity index (χ3v) is 4.85. The number of hydrogen-bond acceptors (Lipinski definition) is 3. The second-order valence-electron chi connectivity index (χ2n) is 4.45. The number of nitrogens with zero attached hydrogens (tertiary/aromatic N) is 1. The Morgan fingerprint density at radius 3 is 2.86 bits per heavy atom. The lowest BCUT2D eigenvalue weighted by Gasteiger charge is -2.12. The molecule has 3 aromatic rings. The van der Waals surface area contributed by atoms with Crippen molar-refractivity contribution in [2.45, 2.75) is 0 Å². The summed E-state index contributed by atoms with van der Waals surface area (Å²) in [7, 11) is 0. The van der Waals surface area contributed by atoms with Gasteiger partial charge in [0.25, 0.3) is 0 Å². The minimum atomic E-state index is 0.544. The first-order valence-corrected chi connectivity index (χ1v) is 8.01. The molecule has 106 valence electrons. The van der Waals surface area contributed by atoms with Gasteiger partial charge in [-0.25, -0.2) is 4.98 Å². The first-order valence-electron chi connectivity index (χ1n) is 6.37. The SMILES string of the molecule is C=CCNc1ncc(-c2cccs2)c2c(Cl)c(Cl)ccc12. The molecule has 0 aliphatic carbocycles. The first kappa shape index (κ1) is 14.4. The Hall–Kier alpha value is -1.55. The molecular formula is C16H12Cl2N2S. The Balaban J connectivity index is 2.30. The highest BCUT2D eigenvalue weighted by atomic mass is 35.5. The van der Waals surface area contributed by atoms with Gasteiger partial charge in [0, 0.05) is 34.0 Å². The van der Waals surface area contributed by atoms with Crippen molar-refractivity contribution in [2.75, 3.05) is 11.9 Å². The van der Waals surface area contributed by atoms with E-state index >= 15 is 0 Å². The van der Waals surface area contributed by atoms with Gasteiger partial charge < -0.3 is 5.32 Å². The molecule has 0 aliphatic heterocycles. The molecule has 0 bridgehead atoms. The van der Waals surface area contributed by atoms with Crippen LogP contribution < -0.4 is 5.32 Å². The fraction of sp³-hybridized carbons (Fsp3) is 0.0625. The molecule has 0 unspecified atom stereocenters. The minimum Gasteiger partial charge on any atom is -0.366 e. The molecule has 5 heteroatoms. The van der Waals surface area contributed by atoms with Gasteiger partial charge in [0.2, 0.25) is 0 Å². The summed E-state index contributed by atoms with van der Waals surface area (Å²) in [4.78, 5) is 5.63. The van der Waals surface area contributed by atoms with Crippen LogP contribution in [0.5, 0.6) is 0 Å². The fourth-order valence-corrected chi connectivity index (χ4v) is 3.37. The van der Waals surface area contributed by atoms with Gasteiger partial charge in [-0.1, -0.05) is 35.3 Å². The van der Waals surface area contributed by atoms with E-state index in [2.05, 4.69) is 22.9 Å². The summed E-state index contributed by atoms with van der Waals surface area (Å²) in [5.41, 5.74) is 0.997. The van der Waals surface area contributed by atoms with E-state index in [4.69, 9.17) is 23.2 Å². The largest absolute Gasteiger partial charge is 0.366 e. The van der Waals surface area contributed by atoms with E-state index in [-0.39, 0.29) is 0 Å². The van der Waals surface area contributed by atoms with Crippen molar-refractivity contribution in [2.24, 2.45) is 0 Å². The third-order valence-electron chi connectivity index (χ3n) is 3.14. The molecule has 1 aromatic carbocycles. The lowest BCUT2D eigenvalue weighted by molar-refractivity contribution is 1.25. The van der Waals surface area contributed by atoms with E-state index in [0.717, 1.165) is 27.0 Å². The molecule has 2 aromatic heterocycles. The van der Waals surface area contributed by atoms with Crippen LogP contribution in [0.2, 0.25) is 10.0 Å². The lowest BCUT2D eigenvalue weighted by atomic mass is 10.1. The number of halogens is 2. The topological polar surface area (TPSA) is 24.9 Å². The standard InChI is InChI=1S/C16H12Cl2N2S/c1-2-7-19-16-10-5-6-12(17)15(18)14(10)11(9-20-16)13-4-3-8-21-13/h2-6,8-9H,1,7H2,(H,19,20). The molecule has 0 aliphatic rings. The van der Waals surface area contributed by atoms with Gasteiger partial charge in [-0.05, 0) is 23.6 Å². The molecule has 0 spiro atoms. The maximum Gasteiger partial charge on any atom is 0.134 e. The van der Waals surface area contributed by atoms with Crippen LogP contribution in [-0.4, -0.2) is 11.5 Å². The van der Waals surface area contributed by atoms with Gasteiger partial charge >= 0.3 is 0 Å². The van der Waals surface area contributed by atoms with Gasteiger partial charge in [0.05, 0.1) is 10.0 Å². The Morgan fingerprint density at radius 1 is 1.29 bits per heavy atom. The van der Waals surface area contributed by atoms with Crippen LogP contribution in [0.25, 0.3) is 21.2 Å². The van der Waals surface area contributed by atoms with Crippen LogP contribution in [0.1, 0.15) is 0 Å². The monoisotopic (exact) mass is 334 g/mol. The number of benzene rings is 1. The molecule has 21 heavy (non-hydrogen) atoms. The van der Waals surface area contributed by atoms with Crippen molar-refractivity contribution in [3.63, 3.8) is 0 Å². The van der Waals surface area contributed by atoms with Crippen molar-refractivity contribution < 1.29 is 0 Å². The van der Waals surface area contributed by atoms with Gasteiger partial charge in [0.15, 0.2) is 0 Å². The van der Waals surface area contributed by atoms with E-state index in [1.165, 1.54) is 0 Å². The quantitative estimate of drug-likeness (QED) is 0.603. The number of anilines is 1. The van der Waals surface area contributed by atoms with Crippen LogP contribution in [0.15, 0.2) is 48.5 Å². The molecule has 0 saturated carbocycles. The van der Waals surface area contributed by atoms with Gasteiger partial charge in [0.1, 0.15) is 5.82 Å². The summed E-state index contributed by atoms with van der Waals surface area (Å²) in [6.45, 7) is 4.35. The Bertz CT molecular complexity index is 798. The molecule has 0 atom stereocenters. The number of fused-ring (bicyclic) bond motifs is 1. The second-order valence-corrected chi connectivity index (χ2v) is 6.18. The predicted molar refractivity (Wildman–Crippen MR) is 93.8 cm³/mol. The highest BCUT2D eigenvalue weighted by molar-refractivity contribution is 7.13. The molecule has 2 heterocycles. The van der Waals surface area contributed by atoms with E-state index in [1.807, 2.05) is 23.7 Å². The lowest BCUT2D eigenvalue weighted by Crippen LogP contribution is -2.01. The Labute approximate surface area is 137 Å². The second kappa shape index (κ2) is 6.06. The van der Waals surface area contributed by atoms with Gasteiger partial charge in [-0.2, -0.15) is 0 Å². The predicted octanol–water partition coefficient (Wildman–Crippen LogP) is 5.87. The third kappa shape index (κ3) is 2.64. The van der Waals surface area contributed by atoms with E-state index in [0.29, 0.717) is 16.6 Å². The average Bonchev–Trinajstić information content (AvgIpc) is 3.02. The maximum absolute atomic E-state index is 6.45. The highest BCUT2D eigenvalue weighted by Crippen LogP contribution is 2.40. The number of hydrogen-bond donors (Lipinski definition) is 1. The summed E-state index contributed by atoms with van der Waals surface area (Å²) in [6.07, 6.45) is 3.63. The average molecular weight is 335 g/mol. The van der Waals surface area contributed by atoms with Crippen molar-refractivity contribution in [3.05, 3.63) is 58.5 Å². The number of pyridine rings is 1. The number of nitrogens with one attached hydrogen (secondary N) is 1. The summed E-state index contributed by atoms with van der Waals surface area (Å²) < 4.78 is 0. The van der Waals surface area contributed by atoms with E-state index in [1.54, 1.807) is 23.5 Å². The van der Waals surface area contributed by atoms with Gasteiger partial charge in [-0.15, -0.1) is 17.9 Å². The smallest absolute Gasteiger partial charge is 0.134 e. The van der Waals surface area contributed by atoms with E-state index in [9.17, 15) is 0 Å². The molecular weight excluding hydrogens is 323 g/mol. The maximum atomic E-state index is 6.45. The van der Waals surface area contributed by atoms with Crippen molar-refractivity contribution in [1.29, 1.82) is 0 Å². The zero-order valence-electron chi connectivity index (χ0n) is 11.1. The molecule has 0 amide bonds. The zero-order chi connectivity index (χ0) is 14.8. The van der Waals surface area contributed by atoms with Crippen LogP contribution in [0.3, 0.4) is 0 Å². The van der Waals surface area contributed by atoms with E-state index < -0.39 is 0 Å². The zero-order valence-corrected chi connectivity index (χ0v) is 13.4. The fourth-order valence-electron chi connectivity index (χ4n) is 2.20. The molecule has 3 rings (SSSR count). The van der Waals surface area contributed by atoms with Crippen LogP contribution in [-0.2, 0) is 0 Å². The van der Waals surface area contributed by atoms with Crippen molar-refractivity contribution in [3.8, 4) is 10.4 Å². The number of thiophene rings is 1. The Kier molecular flexibility index (Phi) is 4.15. The Morgan fingerprint density at radius 2 is 2.14 bits per heavy atom. The normalized spacial score (nSPS) is 10.8.